The molecule has 1 amide bonds. The van der Waals surface area contributed by atoms with Crippen molar-refractivity contribution >= 4 is 5.91 Å². The molecule has 0 saturated heterocycles. The van der Waals surface area contributed by atoms with Gasteiger partial charge in [0.2, 0.25) is 0 Å². The third-order valence-electron chi connectivity index (χ3n) is 4.23. The van der Waals surface area contributed by atoms with Crippen molar-refractivity contribution in [2.45, 2.75) is 6.54 Å². The maximum Gasteiger partial charge on any atom is 0.255 e. The summed E-state index contributed by atoms with van der Waals surface area (Å²) in [6, 6.07) is 16.1. The molecule has 1 aromatic heterocycles. The van der Waals surface area contributed by atoms with E-state index < -0.39 is 0 Å². The summed E-state index contributed by atoms with van der Waals surface area (Å²) in [6.45, 7) is 0.574. The molecule has 144 valence electrons. The van der Waals surface area contributed by atoms with Crippen LogP contribution in [0.3, 0.4) is 0 Å². The van der Waals surface area contributed by atoms with Crippen LogP contribution in [0.4, 0.5) is 0 Å². The zero-order chi connectivity index (χ0) is 19.9. The Bertz CT molecular complexity index is 1020. The number of hydrogen-bond donors (Lipinski definition) is 1. The second-order valence-corrected chi connectivity index (χ2v) is 5.97. The van der Waals surface area contributed by atoms with Gasteiger partial charge in [-0.2, -0.15) is 0 Å². The van der Waals surface area contributed by atoms with Crippen LogP contribution in [-0.2, 0) is 6.54 Å². The van der Waals surface area contributed by atoms with Crippen molar-refractivity contribution in [3.05, 3.63) is 76.8 Å². The highest BCUT2D eigenvalue weighted by atomic mass is 16.5. The predicted molar refractivity (Wildman–Crippen MR) is 106 cm³/mol. The first-order chi connectivity index (χ1) is 13.6. The molecule has 0 unspecified atom stereocenters. The number of aromatic nitrogens is 2. The number of para-hydroxylation sites is 1. The van der Waals surface area contributed by atoms with Crippen LogP contribution in [0.5, 0.6) is 11.5 Å². The average molecular weight is 379 g/mol. The Hall–Kier alpha value is -3.61. The molecule has 0 saturated carbocycles. The van der Waals surface area contributed by atoms with Gasteiger partial charge in [0.1, 0.15) is 0 Å². The maximum atomic E-state index is 12.5. The predicted octanol–water partition coefficient (Wildman–Crippen LogP) is 2.36. The van der Waals surface area contributed by atoms with Gasteiger partial charge in [-0.25, -0.2) is 4.98 Å². The second kappa shape index (κ2) is 8.85. The van der Waals surface area contributed by atoms with Gasteiger partial charge in [0.25, 0.3) is 11.5 Å². The number of carbonyl (C=O) groups is 1. The van der Waals surface area contributed by atoms with Gasteiger partial charge >= 0.3 is 0 Å². The molecule has 0 spiro atoms. The summed E-state index contributed by atoms with van der Waals surface area (Å²) in [5, 5.41) is 2.78. The Labute approximate surface area is 162 Å². The molecule has 28 heavy (non-hydrogen) atoms. The Morgan fingerprint density at radius 2 is 1.86 bits per heavy atom. The van der Waals surface area contributed by atoms with Crippen molar-refractivity contribution in [2.75, 3.05) is 20.8 Å². The first-order valence-electron chi connectivity index (χ1n) is 8.75. The van der Waals surface area contributed by atoms with Crippen LogP contribution in [0.2, 0.25) is 0 Å². The molecule has 0 aliphatic carbocycles. The summed E-state index contributed by atoms with van der Waals surface area (Å²) in [4.78, 5) is 29.1. The molecule has 7 nitrogen and oxygen atoms in total. The number of rotatable bonds is 7. The normalized spacial score (nSPS) is 10.4. The molecule has 0 aliphatic heterocycles. The van der Waals surface area contributed by atoms with E-state index in [0.717, 1.165) is 5.56 Å². The van der Waals surface area contributed by atoms with Crippen LogP contribution in [0.25, 0.3) is 11.3 Å². The van der Waals surface area contributed by atoms with Crippen molar-refractivity contribution in [3.63, 3.8) is 0 Å². The number of hydrogen-bond acceptors (Lipinski definition) is 5. The van der Waals surface area contributed by atoms with Crippen LogP contribution in [0.1, 0.15) is 10.4 Å². The van der Waals surface area contributed by atoms with Gasteiger partial charge in [-0.05, 0) is 12.1 Å². The number of carbonyl (C=O) groups excluding carboxylic acids is 1. The largest absolute Gasteiger partial charge is 0.493 e. The lowest BCUT2D eigenvalue weighted by Crippen LogP contribution is -2.31. The number of nitrogens with zero attached hydrogens (tertiary/aromatic N) is 2. The lowest BCUT2D eigenvalue weighted by molar-refractivity contribution is 0.0948. The summed E-state index contributed by atoms with van der Waals surface area (Å²) < 4.78 is 11.9. The Balaban J connectivity index is 1.66. The second-order valence-electron chi connectivity index (χ2n) is 5.97. The van der Waals surface area contributed by atoms with Gasteiger partial charge in [-0.1, -0.05) is 36.4 Å². The molecule has 1 heterocycles. The molecule has 0 aliphatic rings. The highest BCUT2D eigenvalue weighted by Gasteiger charge is 2.15. The molecule has 0 fully saturated rings. The number of ether oxygens (including phenoxy) is 2. The molecule has 1 N–H and O–H groups in total. The molecular weight excluding hydrogens is 358 g/mol. The first kappa shape index (κ1) is 19.2. The van der Waals surface area contributed by atoms with E-state index in [1.165, 1.54) is 31.2 Å². The zero-order valence-electron chi connectivity index (χ0n) is 15.7. The molecule has 7 heteroatoms. The van der Waals surface area contributed by atoms with Crippen LogP contribution in [0, 0.1) is 0 Å². The summed E-state index contributed by atoms with van der Waals surface area (Å²) in [5.74, 6) is 0.540. The van der Waals surface area contributed by atoms with E-state index in [2.05, 4.69) is 10.3 Å². The molecule has 0 bridgehead atoms. The molecular formula is C21H21N3O4. The molecule has 0 radical (unpaired) electrons. The van der Waals surface area contributed by atoms with Crippen LogP contribution in [0.15, 0.2) is 65.7 Å². The van der Waals surface area contributed by atoms with E-state index in [1.54, 1.807) is 18.2 Å². The number of amides is 1. The van der Waals surface area contributed by atoms with Crippen molar-refractivity contribution in [2.24, 2.45) is 0 Å². The fourth-order valence-corrected chi connectivity index (χ4v) is 2.81. The van der Waals surface area contributed by atoms with Crippen molar-refractivity contribution in [3.8, 4) is 22.8 Å². The zero-order valence-corrected chi connectivity index (χ0v) is 15.7. The van der Waals surface area contributed by atoms with Crippen LogP contribution >= 0.6 is 0 Å². The summed E-state index contributed by atoms with van der Waals surface area (Å²) in [6.07, 6.45) is 1.49. The van der Waals surface area contributed by atoms with E-state index in [4.69, 9.17) is 9.47 Å². The van der Waals surface area contributed by atoms with E-state index in [0.29, 0.717) is 29.3 Å². The topological polar surface area (TPSA) is 82.5 Å². The third-order valence-corrected chi connectivity index (χ3v) is 4.23. The smallest absolute Gasteiger partial charge is 0.255 e. The van der Waals surface area contributed by atoms with Gasteiger partial charge in [-0.3, -0.25) is 14.2 Å². The molecule has 2 aromatic carbocycles. The summed E-state index contributed by atoms with van der Waals surface area (Å²) >= 11 is 0. The maximum absolute atomic E-state index is 12.5. The lowest BCUT2D eigenvalue weighted by Gasteiger charge is -2.13. The number of benzene rings is 2. The van der Waals surface area contributed by atoms with Crippen molar-refractivity contribution in [1.29, 1.82) is 0 Å². The Morgan fingerprint density at radius 1 is 1.07 bits per heavy atom. The minimum atomic E-state index is -0.308. The van der Waals surface area contributed by atoms with Gasteiger partial charge in [0.15, 0.2) is 11.5 Å². The fraction of sp³-hybridized carbons (Fsp3) is 0.190. The van der Waals surface area contributed by atoms with E-state index in [9.17, 15) is 9.59 Å². The van der Waals surface area contributed by atoms with Crippen molar-refractivity contribution in [1.82, 2.24) is 14.9 Å². The molecule has 3 aromatic rings. The summed E-state index contributed by atoms with van der Waals surface area (Å²) in [5.41, 5.74) is 1.69. The minimum Gasteiger partial charge on any atom is -0.493 e. The monoisotopic (exact) mass is 379 g/mol. The minimum absolute atomic E-state index is 0.179. The highest BCUT2D eigenvalue weighted by Crippen LogP contribution is 2.30. The van der Waals surface area contributed by atoms with Crippen LogP contribution < -0.4 is 20.3 Å². The highest BCUT2D eigenvalue weighted by molar-refractivity contribution is 5.97. The average Bonchev–Trinajstić information content (AvgIpc) is 2.74. The first-order valence-corrected chi connectivity index (χ1v) is 8.75. The molecule has 0 atom stereocenters. The van der Waals surface area contributed by atoms with Gasteiger partial charge in [-0.15, -0.1) is 0 Å². The van der Waals surface area contributed by atoms with E-state index in [-0.39, 0.29) is 18.0 Å². The SMILES string of the molecule is COc1cccc(C(=O)NCCn2cnc(-c3ccccc3)cc2=O)c1OC. The lowest BCUT2D eigenvalue weighted by atomic mass is 10.1. The standard InChI is InChI=1S/C21H21N3O4/c1-27-18-10-6-9-16(20(18)28-2)21(26)22-11-12-24-14-23-17(13-19(24)25)15-7-4-3-5-8-15/h3-10,13-14H,11-12H2,1-2H3,(H,22,26). The van der Waals surface area contributed by atoms with Gasteiger partial charge < -0.3 is 14.8 Å². The fourth-order valence-electron chi connectivity index (χ4n) is 2.81. The Kier molecular flexibility index (Phi) is 6.06. The van der Waals surface area contributed by atoms with E-state index in [1.807, 2.05) is 30.3 Å². The van der Waals surface area contributed by atoms with E-state index >= 15 is 0 Å². The third kappa shape index (κ3) is 4.20. The Morgan fingerprint density at radius 3 is 2.54 bits per heavy atom. The van der Waals surface area contributed by atoms with Crippen molar-refractivity contribution < 1.29 is 14.3 Å². The quantitative estimate of drug-likeness (QED) is 0.681. The van der Waals surface area contributed by atoms with Gasteiger partial charge in [0, 0.05) is 24.7 Å². The summed E-state index contributed by atoms with van der Waals surface area (Å²) in [7, 11) is 2.99. The number of methoxy groups -OCH3 is 2. The molecule has 3 rings (SSSR count). The van der Waals surface area contributed by atoms with Crippen LogP contribution in [-0.4, -0.2) is 36.2 Å². The van der Waals surface area contributed by atoms with Gasteiger partial charge in [0.05, 0.1) is 31.8 Å². The number of nitrogens with one attached hydrogen (secondary N) is 1.